The number of nitrogens with one attached hydrogen (secondary N) is 4. The number of hydrogen-bond donors (Lipinski definition) is 5. The Bertz CT molecular complexity index is 1780. The standard InChI is InChI=1S/C37H40N4O5/c1-22(21-42)34(43)32(17-25-11-5-4-6-12-25)40-37(46)33(19-27-20-38-31-16-10-9-15-29(27)31)41-35(44)24(3)39-36(45)30-18-26-13-7-8-14-28(26)23(30)2/h4-16,20,22,24,32-33,38,42H,17-19,21H2,1-3H3,(H,39,45)(H,40,46)(H,41,44). The van der Waals surface area contributed by atoms with E-state index in [1.54, 1.807) is 20.0 Å². The van der Waals surface area contributed by atoms with Gasteiger partial charge in [-0.25, -0.2) is 0 Å². The Balaban J connectivity index is 1.35. The van der Waals surface area contributed by atoms with Gasteiger partial charge < -0.3 is 26.0 Å². The largest absolute Gasteiger partial charge is 0.396 e. The van der Waals surface area contributed by atoms with Gasteiger partial charge in [-0.1, -0.05) is 79.7 Å². The van der Waals surface area contributed by atoms with Crippen molar-refractivity contribution in [3.05, 3.63) is 113 Å². The highest BCUT2D eigenvalue weighted by atomic mass is 16.3. The maximum atomic E-state index is 13.9. The van der Waals surface area contributed by atoms with Gasteiger partial charge in [0.15, 0.2) is 5.78 Å². The average Bonchev–Trinajstić information content (AvgIpc) is 3.64. The lowest BCUT2D eigenvalue weighted by Gasteiger charge is -2.25. The van der Waals surface area contributed by atoms with E-state index in [1.165, 1.54) is 0 Å². The quantitative estimate of drug-likeness (QED) is 0.155. The Kier molecular flexibility index (Phi) is 10.1. The lowest BCUT2D eigenvalue weighted by molar-refractivity contribution is -0.133. The van der Waals surface area contributed by atoms with Crippen LogP contribution >= 0.6 is 0 Å². The Morgan fingerprint density at radius 1 is 0.804 bits per heavy atom. The summed E-state index contributed by atoms with van der Waals surface area (Å²) in [6.07, 6.45) is 2.66. The number of amides is 3. The van der Waals surface area contributed by atoms with Crippen molar-refractivity contribution in [1.29, 1.82) is 0 Å². The van der Waals surface area contributed by atoms with E-state index in [9.17, 15) is 24.3 Å². The van der Waals surface area contributed by atoms with Crippen LogP contribution in [0.15, 0.2) is 90.6 Å². The molecule has 1 aliphatic carbocycles. The summed E-state index contributed by atoms with van der Waals surface area (Å²) < 4.78 is 0. The van der Waals surface area contributed by atoms with Crippen LogP contribution in [-0.2, 0) is 38.4 Å². The van der Waals surface area contributed by atoms with Crippen molar-refractivity contribution >= 4 is 40.0 Å². The summed E-state index contributed by atoms with van der Waals surface area (Å²) >= 11 is 0. The molecular formula is C37H40N4O5. The number of aliphatic hydroxyl groups excluding tert-OH is 1. The molecule has 3 amide bonds. The normalized spacial score (nSPS) is 15.0. The molecular weight excluding hydrogens is 580 g/mol. The lowest BCUT2D eigenvalue weighted by atomic mass is 9.94. The van der Waals surface area contributed by atoms with Gasteiger partial charge in [0.1, 0.15) is 12.1 Å². The number of para-hydroxylation sites is 1. The van der Waals surface area contributed by atoms with Gasteiger partial charge >= 0.3 is 0 Å². The third kappa shape index (κ3) is 7.26. The van der Waals surface area contributed by atoms with E-state index in [0.717, 1.165) is 38.7 Å². The monoisotopic (exact) mass is 620 g/mol. The van der Waals surface area contributed by atoms with Gasteiger partial charge in [0, 0.05) is 41.4 Å². The number of aliphatic hydroxyl groups is 1. The smallest absolute Gasteiger partial charge is 0.248 e. The van der Waals surface area contributed by atoms with Crippen molar-refractivity contribution in [1.82, 2.24) is 20.9 Å². The first kappa shape index (κ1) is 32.4. The number of H-pyrrole nitrogens is 1. The number of Topliss-reactive ketones (excluding diaryl/α,β-unsaturated/α-hetero) is 1. The van der Waals surface area contributed by atoms with Crippen LogP contribution in [0, 0.1) is 5.92 Å². The van der Waals surface area contributed by atoms with Crippen molar-refractivity contribution in [2.45, 2.75) is 58.2 Å². The zero-order chi connectivity index (χ0) is 32.8. The molecule has 9 heteroatoms. The molecule has 4 aromatic rings. The van der Waals surface area contributed by atoms with Gasteiger partial charge in [-0.15, -0.1) is 0 Å². The summed E-state index contributed by atoms with van der Waals surface area (Å²) in [6, 6.07) is 21.9. The molecule has 1 heterocycles. The van der Waals surface area contributed by atoms with Crippen molar-refractivity contribution in [2.24, 2.45) is 5.92 Å². The minimum absolute atomic E-state index is 0.142. The number of hydrogen-bond acceptors (Lipinski definition) is 5. The van der Waals surface area contributed by atoms with E-state index in [2.05, 4.69) is 20.9 Å². The van der Waals surface area contributed by atoms with Gasteiger partial charge in [-0.05, 0) is 54.2 Å². The van der Waals surface area contributed by atoms with E-state index in [0.29, 0.717) is 12.0 Å². The van der Waals surface area contributed by atoms with Crippen LogP contribution in [0.5, 0.6) is 0 Å². The molecule has 0 spiro atoms. The number of aromatic amines is 1. The Morgan fingerprint density at radius 2 is 1.48 bits per heavy atom. The molecule has 0 saturated carbocycles. The molecule has 46 heavy (non-hydrogen) atoms. The SMILES string of the molecule is CC1=C(C(=O)NC(C)C(=O)NC(Cc2c[nH]c3ccccc23)C(=O)NC(Cc2ccccc2)C(=O)C(C)CO)Cc2ccccc21. The summed E-state index contributed by atoms with van der Waals surface area (Å²) in [4.78, 5) is 57.2. The molecule has 4 unspecified atom stereocenters. The van der Waals surface area contributed by atoms with Crippen molar-refractivity contribution in [3.63, 3.8) is 0 Å². The second-order valence-electron chi connectivity index (χ2n) is 12.0. The fraction of sp³-hybridized carbons (Fsp3) is 0.297. The number of benzene rings is 3. The predicted octanol–water partition coefficient (Wildman–Crippen LogP) is 3.65. The lowest BCUT2D eigenvalue weighted by Crippen LogP contribution is -2.56. The van der Waals surface area contributed by atoms with E-state index >= 15 is 0 Å². The highest BCUT2D eigenvalue weighted by molar-refractivity contribution is 6.05. The topological polar surface area (TPSA) is 140 Å². The highest BCUT2D eigenvalue weighted by Gasteiger charge is 2.32. The van der Waals surface area contributed by atoms with Gasteiger partial charge in [-0.3, -0.25) is 19.2 Å². The molecule has 0 fully saturated rings. The van der Waals surface area contributed by atoms with E-state index < -0.39 is 35.9 Å². The minimum atomic E-state index is -1.06. The molecule has 0 saturated heterocycles. The zero-order valence-electron chi connectivity index (χ0n) is 26.3. The van der Waals surface area contributed by atoms with E-state index in [1.807, 2.05) is 85.8 Å². The molecule has 4 atom stereocenters. The van der Waals surface area contributed by atoms with Gasteiger partial charge in [0.25, 0.3) is 0 Å². The third-order valence-corrected chi connectivity index (χ3v) is 8.69. The summed E-state index contributed by atoms with van der Waals surface area (Å²) in [7, 11) is 0. The van der Waals surface area contributed by atoms with E-state index in [4.69, 9.17) is 0 Å². The molecule has 3 aromatic carbocycles. The summed E-state index contributed by atoms with van der Waals surface area (Å²) in [5.74, 6) is -2.40. The van der Waals surface area contributed by atoms with Crippen LogP contribution in [0.3, 0.4) is 0 Å². The fourth-order valence-electron chi connectivity index (χ4n) is 5.93. The number of carbonyl (C=O) groups is 4. The summed E-state index contributed by atoms with van der Waals surface area (Å²) in [5, 5.41) is 19.1. The first-order chi connectivity index (χ1) is 22.2. The summed E-state index contributed by atoms with van der Waals surface area (Å²) in [5.41, 5.74) is 6.12. The Morgan fingerprint density at radius 3 is 2.22 bits per heavy atom. The van der Waals surface area contributed by atoms with Crippen LogP contribution in [0.2, 0.25) is 0 Å². The first-order valence-corrected chi connectivity index (χ1v) is 15.6. The minimum Gasteiger partial charge on any atom is -0.396 e. The third-order valence-electron chi connectivity index (χ3n) is 8.69. The van der Waals surface area contributed by atoms with Crippen LogP contribution in [0.25, 0.3) is 16.5 Å². The van der Waals surface area contributed by atoms with Crippen molar-refractivity contribution in [3.8, 4) is 0 Å². The first-order valence-electron chi connectivity index (χ1n) is 15.6. The molecule has 0 aliphatic heterocycles. The second-order valence-corrected chi connectivity index (χ2v) is 12.0. The second kappa shape index (κ2) is 14.4. The van der Waals surface area contributed by atoms with Crippen molar-refractivity contribution in [2.75, 3.05) is 6.61 Å². The average molecular weight is 621 g/mol. The number of carbonyl (C=O) groups excluding carboxylic acids is 4. The number of aromatic nitrogens is 1. The van der Waals surface area contributed by atoms with Gasteiger partial charge in [-0.2, -0.15) is 0 Å². The number of allylic oxidation sites excluding steroid dienone is 1. The van der Waals surface area contributed by atoms with Crippen LogP contribution in [0.4, 0.5) is 0 Å². The molecule has 0 bridgehead atoms. The van der Waals surface area contributed by atoms with Crippen molar-refractivity contribution < 1.29 is 24.3 Å². The fourth-order valence-corrected chi connectivity index (χ4v) is 5.93. The van der Waals surface area contributed by atoms with Crippen LogP contribution < -0.4 is 16.0 Å². The number of fused-ring (bicyclic) bond motifs is 2. The van der Waals surface area contributed by atoms with E-state index in [-0.39, 0.29) is 31.1 Å². The number of ketones is 1. The zero-order valence-corrected chi connectivity index (χ0v) is 26.3. The molecule has 5 rings (SSSR count). The molecule has 9 nitrogen and oxygen atoms in total. The maximum Gasteiger partial charge on any atom is 0.248 e. The predicted molar refractivity (Wildman–Crippen MR) is 178 cm³/mol. The molecule has 0 radical (unpaired) electrons. The Hall–Kier alpha value is -5.02. The highest BCUT2D eigenvalue weighted by Crippen LogP contribution is 2.32. The summed E-state index contributed by atoms with van der Waals surface area (Å²) in [6.45, 7) is 4.74. The number of rotatable bonds is 13. The molecule has 5 N–H and O–H groups in total. The maximum absolute atomic E-state index is 13.9. The van der Waals surface area contributed by atoms with Crippen LogP contribution in [0.1, 0.15) is 43.0 Å². The van der Waals surface area contributed by atoms with Gasteiger partial charge in [0.05, 0.1) is 12.6 Å². The molecule has 1 aliphatic rings. The van der Waals surface area contributed by atoms with Crippen LogP contribution in [-0.4, -0.2) is 58.3 Å². The molecule has 238 valence electrons. The van der Waals surface area contributed by atoms with Gasteiger partial charge in [0.2, 0.25) is 17.7 Å². The Labute approximate surface area is 268 Å². The molecule has 1 aromatic heterocycles.